The SMILES string of the molecule is COc1ccc(COC[C@H]2OC[C@H](N3C(=O)c4ccccc4C3=O)[C@@H](OC(C)=O)[C@H]2N=[N+]=[N-])cc1. The van der Waals surface area contributed by atoms with E-state index in [2.05, 4.69) is 10.0 Å². The summed E-state index contributed by atoms with van der Waals surface area (Å²) < 4.78 is 22.3. The van der Waals surface area contributed by atoms with Crippen LogP contribution in [-0.4, -0.2) is 67.3 Å². The average Bonchev–Trinajstić information content (AvgIpc) is 3.11. The van der Waals surface area contributed by atoms with Gasteiger partial charge in [-0.2, -0.15) is 0 Å². The number of ether oxygens (including phenoxy) is 4. The minimum atomic E-state index is -1.10. The number of carbonyl (C=O) groups excluding carboxylic acids is 3. The average molecular weight is 480 g/mol. The minimum Gasteiger partial charge on any atom is -0.497 e. The van der Waals surface area contributed by atoms with Crippen LogP contribution in [0, 0.1) is 0 Å². The van der Waals surface area contributed by atoms with Crippen LogP contribution < -0.4 is 4.74 Å². The number of azide groups is 1. The van der Waals surface area contributed by atoms with E-state index >= 15 is 0 Å². The van der Waals surface area contributed by atoms with Gasteiger partial charge in [-0.1, -0.05) is 29.4 Å². The van der Waals surface area contributed by atoms with E-state index < -0.39 is 42.1 Å². The Morgan fingerprint density at radius 2 is 1.80 bits per heavy atom. The molecule has 0 aromatic heterocycles. The fourth-order valence-corrected chi connectivity index (χ4v) is 4.29. The molecule has 35 heavy (non-hydrogen) atoms. The third kappa shape index (κ3) is 4.97. The molecule has 1 fully saturated rings. The summed E-state index contributed by atoms with van der Waals surface area (Å²) in [7, 11) is 1.58. The summed E-state index contributed by atoms with van der Waals surface area (Å²) in [5.74, 6) is -0.971. The first-order valence-electron chi connectivity index (χ1n) is 10.9. The van der Waals surface area contributed by atoms with E-state index in [-0.39, 0.29) is 30.9 Å². The maximum absolute atomic E-state index is 13.0. The minimum absolute atomic E-state index is 0.0301. The van der Waals surface area contributed by atoms with Crippen molar-refractivity contribution in [2.75, 3.05) is 20.3 Å². The molecule has 2 heterocycles. The summed E-state index contributed by atoms with van der Waals surface area (Å²) in [4.78, 5) is 41.9. The van der Waals surface area contributed by atoms with Gasteiger partial charge in [-0.05, 0) is 35.4 Å². The molecule has 0 bridgehead atoms. The van der Waals surface area contributed by atoms with Crippen molar-refractivity contribution in [1.29, 1.82) is 0 Å². The van der Waals surface area contributed by atoms with Crippen LogP contribution in [0.25, 0.3) is 10.4 Å². The summed E-state index contributed by atoms with van der Waals surface area (Å²) in [6.45, 7) is 1.38. The molecule has 1 saturated heterocycles. The number of imide groups is 1. The van der Waals surface area contributed by atoms with Gasteiger partial charge in [0.25, 0.3) is 11.8 Å². The molecule has 0 aliphatic carbocycles. The van der Waals surface area contributed by atoms with Gasteiger partial charge < -0.3 is 18.9 Å². The summed E-state index contributed by atoms with van der Waals surface area (Å²) in [6.07, 6.45) is -1.87. The predicted octanol–water partition coefficient (Wildman–Crippen LogP) is 2.89. The molecule has 182 valence electrons. The Bertz CT molecular complexity index is 1130. The van der Waals surface area contributed by atoms with Crippen LogP contribution >= 0.6 is 0 Å². The Kier molecular flexibility index (Phi) is 7.31. The van der Waals surface area contributed by atoms with Crippen LogP contribution in [0.1, 0.15) is 33.2 Å². The second-order valence-electron chi connectivity index (χ2n) is 8.10. The molecular formula is C24H24N4O7. The Labute approximate surface area is 201 Å². The predicted molar refractivity (Wildman–Crippen MR) is 122 cm³/mol. The summed E-state index contributed by atoms with van der Waals surface area (Å²) in [5, 5.41) is 3.80. The van der Waals surface area contributed by atoms with Crippen molar-refractivity contribution in [3.63, 3.8) is 0 Å². The quantitative estimate of drug-likeness (QED) is 0.186. The van der Waals surface area contributed by atoms with Crippen LogP contribution in [0.15, 0.2) is 53.6 Å². The van der Waals surface area contributed by atoms with E-state index in [1.165, 1.54) is 6.92 Å². The summed E-state index contributed by atoms with van der Waals surface area (Å²) >= 11 is 0. The molecule has 2 aromatic carbocycles. The van der Waals surface area contributed by atoms with Crippen molar-refractivity contribution in [2.24, 2.45) is 5.11 Å². The first-order valence-corrected chi connectivity index (χ1v) is 10.9. The lowest BCUT2D eigenvalue weighted by Gasteiger charge is -2.42. The lowest BCUT2D eigenvalue weighted by Crippen LogP contribution is -2.61. The number of esters is 1. The van der Waals surface area contributed by atoms with Crippen LogP contribution in [0.3, 0.4) is 0 Å². The van der Waals surface area contributed by atoms with E-state index in [9.17, 15) is 19.9 Å². The highest BCUT2D eigenvalue weighted by atomic mass is 16.6. The Morgan fingerprint density at radius 3 is 2.37 bits per heavy atom. The van der Waals surface area contributed by atoms with Crippen molar-refractivity contribution >= 4 is 17.8 Å². The summed E-state index contributed by atoms with van der Waals surface area (Å²) in [5.41, 5.74) is 10.6. The monoisotopic (exact) mass is 480 g/mol. The number of hydrogen-bond acceptors (Lipinski definition) is 8. The highest BCUT2D eigenvalue weighted by Gasteiger charge is 2.50. The molecule has 4 atom stereocenters. The Hall–Kier alpha value is -3.92. The molecule has 2 amide bonds. The van der Waals surface area contributed by atoms with Gasteiger partial charge in [0, 0.05) is 11.8 Å². The maximum Gasteiger partial charge on any atom is 0.302 e. The first kappa shape index (κ1) is 24.2. The van der Waals surface area contributed by atoms with Gasteiger partial charge >= 0.3 is 5.97 Å². The third-order valence-corrected chi connectivity index (χ3v) is 5.93. The number of benzene rings is 2. The highest BCUT2D eigenvalue weighted by molar-refractivity contribution is 6.21. The van der Waals surface area contributed by atoms with Crippen molar-refractivity contribution < 1.29 is 33.3 Å². The van der Waals surface area contributed by atoms with E-state index in [0.717, 1.165) is 16.2 Å². The van der Waals surface area contributed by atoms with Gasteiger partial charge in [0.2, 0.25) is 0 Å². The third-order valence-electron chi connectivity index (χ3n) is 5.93. The fraction of sp³-hybridized carbons (Fsp3) is 0.375. The van der Waals surface area contributed by atoms with Crippen LogP contribution in [0.5, 0.6) is 5.75 Å². The van der Waals surface area contributed by atoms with E-state index in [0.29, 0.717) is 0 Å². The fourth-order valence-electron chi connectivity index (χ4n) is 4.29. The second kappa shape index (κ2) is 10.6. The molecule has 2 aliphatic rings. The molecular weight excluding hydrogens is 456 g/mol. The number of rotatable bonds is 8. The number of fused-ring (bicyclic) bond motifs is 1. The second-order valence-corrected chi connectivity index (χ2v) is 8.10. The van der Waals surface area contributed by atoms with Gasteiger partial charge in [0.1, 0.15) is 23.9 Å². The Morgan fingerprint density at radius 1 is 1.14 bits per heavy atom. The number of nitrogens with zero attached hydrogens (tertiary/aromatic N) is 4. The van der Waals surface area contributed by atoms with Crippen molar-refractivity contribution in [2.45, 2.75) is 37.8 Å². The molecule has 4 rings (SSSR count). The zero-order valence-electron chi connectivity index (χ0n) is 19.2. The van der Waals surface area contributed by atoms with Gasteiger partial charge in [0.15, 0.2) is 0 Å². The number of carbonyl (C=O) groups is 3. The zero-order chi connectivity index (χ0) is 24.9. The van der Waals surface area contributed by atoms with E-state index in [4.69, 9.17) is 18.9 Å². The maximum atomic E-state index is 13.0. The standard InChI is InChI=1S/C24H24N4O7/c1-14(29)35-22-19(28-23(30)17-5-3-4-6-18(17)24(28)31)12-34-20(21(22)26-27-25)13-33-11-15-7-9-16(32-2)10-8-15/h3-10,19-22H,11-13H2,1-2H3/t19-,20+,21-,22+/m0/s1. The number of amides is 2. The van der Waals surface area contributed by atoms with Gasteiger partial charge in [-0.3, -0.25) is 19.3 Å². The van der Waals surface area contributed by atoms with Crippen LogP contribution in [-0.2, 0) is 25.6 Å². The highest BCUT2D eigenvalue weighted by Crippen LogP contribution is 2.32. The molecule has 11 heteroatoms. The van der Waals surface area contributed by atoms with Gasteiger partial charge in [0.05, 0.1) is 44.2 Å². The number of methoxy groups -OCH3 is 1. The van der Waals surface area contributed by atoms with Gasteiger partial charge in [-0.15, -0.1) is 0 Å². The van der Waals surface area contributed by atoms with E-state index in [1.54, 1.807) is 31.4 Å². The van der Waals surface area contributed by atoms with Crippen molar-refractivity contribution in [3.8, 4) is 5.75 Å². The molecule has 0 N–H and O–H groups in total. The van der Waals surface area contributed by atoms with Gasteiger partial charge in [-0.25, -0.2) is 0 Å². The molecule has 2 aliphatic heterocycles. The molecule has 2 aromatic rings. The lowest BCUT2D eigenvalue weighted by molar-refractivity contribution is -0.168. The molecule has 0 unspecified atom stereocenters. The Balaban J connectivity index is 1.52. The molecule has 11 nitrogen and oxygen atoms in total. The van der Waals surface area contributed by atoms with Crippen molar-refractivity contribution in [3.05, 3.63) is 75.7 Å². The molecule has 0 spiro atoms. The zero-order valence-corrected chi connectivity index (χ0v) is 19.2. The van der Waals surface area contributed by atoms with E-state index in [1.807, 2.05) is 24.3 Å². The van der Waals surface area contributed by atoms with Crippen LogP contribution in [0.2, 0.25) is 0 Å². The largest absolute Gasteiger partial charge is 0.497 e. The molecule has 0 saturated carbocycles. The summed E-state index contributed by atoms with van der Waals surface area (Å²) in [6, 6.07) is 11.8. The molecule has 0 radical (unpaired) electrons. The first-order chi connectivity index (χ1) is 16.9. The van der Waals surface area contributed by atoms with Crippen LogP contribution in [0.4, 0.5) is 0 Å². The number of hydrogen-bond donors (Lipinski definition) is 0. The topological polar surface area (TPSA) is 140 Å². The van der Waals surface area contributed by atoms with Crippen molar-refractivity contribution in [1.82, 2.24) is 4.90 Å². The smallest absolute Gasteiger partial charge is 0.302 e. The lowest BCUT2D eigenvalue weighted by atomic mass is 9.94. The normalized spacial score (nSPS) is 23.4.